The monoisotopic (exact) mass is 374 g/mol. The predicted octanol–water partition coefficient (Wildman–Crippen LogP) is 2.87. The van der Waals surface area contributed by atoms with Crippen molar-refractivity contribution >= 4 is 0 Å². The summed E-state index contributed by atoms with van der Waals surface area (Å²) in [5, 5.41) is 36.2. The van der Waals surface area contributed by atoms with Crippen LogP contribution in [0.3, 0.4) is 0 Å². The van der Waals surface area contributed by atoms with Gasteiger partial charge in [0.15, 0.2) is 10.8 Å². The van der Waals surface area contributed by atoms with Crippen LogP contribution in [0.5, 0.6) is 0 Å². The number of hydrogen-bond donors (Lipinski definition) is 0. The van der Waals surface area contributed by atoms with Crippen LogP contribution in [-0.4, -0.2) is 0 Å². The zero-order chi connectivity index (χ0) is 19.4. The third-order valence-electron chi connectivity index (χ3n) is 4.20. The second-order valence-electron chi connectivity index (χ2n) is 5.24. The Labute approximate surface area is 158 Å². The zero-order valence-electron chi connectivity index (χ0n) is 13.6. The zero-order valence-corrected chi connectivity index (χ0v) is 14.7. The molecule has 1 unspecified atom stereocenters. The molecule has 128 valence electrons. The van der Waals surface area contributed by atoms with Crippen LogP contribution in [0.4, 0.5) is 0 Å². The van der Waals surface area contributed by atoms with Gasteiger partial charge in [-0.25, -0.2) is 12.1 Å². The van der Waals surface area contributed by atoms with E-state index in [1.165, 1.54) is 0 Å². The van der Waals surface area contributed by atoms with E-state index in [1.807, 2.05) is 42.5 Å². The van der Waals surface area contributed by atoms with Crippen molar-refractivity contribution in [2.75, 3.05) is 0 Å². The summed E-state index contributed by atoms with van der Waals surface area (Å²) in [6.07, 6.45) is 0. The van der Waals surface area contributed by atoms with Crippen LogP contribution >= 0.6 is 0 Å². The molecule has 1 aromatic carbocycles. The van der Waals surface area contributed by atoms with Gasteiger partial charge in [0.25, 0.3) is 0 Å². The van der Waals surface area contributed by atoms with E-state index in [1.54, 1.807) is 26.0 Å². The summed E-state index contributed by atoms with van der Waals surface area (Å²) in [5.74, 6) is -0.542. The van der Waals surface area contributed by atoms with E-state index in [0.29, 0.717) is 0 Å². The Morgan fingerprint density at radius 3 is 1.44 bits per heavy atom. The summed E-state index contributed by atoms with van der Waals surface area (Å²) in [7, 11) is 0. The SMILES string of the molecule is [C-]#[O+].[C-]#[O+].[CH2-]C1C(C)(C)C(C#N)(C#N)C1(C#N)C#N.[Fe].c1cc[cH-]c1. The molecule has 1 atom stereocenters. The number of rotatable bonds is 0. The maximum absolute atomic E-state index is 9.09. The fourth-order valence-corrected chi connectivity index (χ4v) is 2.65. The van der Waals surface area contributed by atoms with Gasteiger partial charge in [-0.1, -0.05) is 13.8 Å². The fraction of sp³-hybridized carbons (Fsp3) is 0.333. The first-order valence-corrected chi connectivity index (χ1v) is 6.45. The number of nitriles is 4. The van der Waals surface area contributed by atoms with Crippen molar-refractivity contribution in [2.45, 2.75) is 13.8 Å². The van der Waals surface area contributed by atoms with Gasteiger partial charge in [0.2, 0.25) is 0 Å². The average Bonchev–Trinajstić information content (AvgIpc) is 3.22. The molecule has 0 bridgehead atoms. The molecule has 0 amide bonds. The molecule has 0 radical (unpaired) electrons. The quantitative estimate of drug-likeness (QED) is 0.392. The van der Waals surface area contributed by atoms with E-state index in [2.05, 4.69) is 20.2 Å². The third kappa shape index (κ3) is 4.05. The second-order valence-corrected chi connectivity index (χ2v) is 5.24. The molecule has 1 aromatic rings. The number of nitrogens with zero attached hydrogens (tertiary/aromatic N) is 4. The van der Waals surface area contributed by atoms with E-state index in [9.17, 15) is 0 Å². The molecule has 0 N–H and O–H groups in total. The molecule has 7 heteroatoms. The molecule has 2 rings (SSSR count). The smallest absolute Gasteiger partial charge is 0.176 e. The summed E-state index contributed by atoms with van der Waals surface area (Å²) < 4.78 is 15.0. The summed E-state index contributed by atoms with van der Waals surface area (Å²) in [5.41, 5.74) is -3.95. The van der Waals surface area contributed by atoms with Gasteiger partial charge < -0.3 is 6.92 Å². The first-order chi connectivity index (χ1) is 11.4. The predicted molar refractivity (Wildman–Crippen MR) is 79.8 cm³/mol. The molecular formula is C18H14FeN4O2-2. The van der Waals surface area contributed by atoms with Crippen LogP contribution in [0.25, 0.3) is 0 Å². The molecule has 0 heterocycles. The molecule has 1 saturated carbocycles. The van der Waals surface area contributed by atoms with Crippen molar-refractivity contribution in [2.24, 2.45) is 22.2 Å². The van der Waals surface area contributed by atoms with Crippen LogP contribution in [0, 0.1) is 87.7 Å². The molecular weight excluding hydrogens is 360 g/mol. The topological polar surface area (TPSA) is 135 Å². The average molecular weight is 374 g/mol. The van der Waals surface area contributed by atoms with E-state index in [0.717, 1.165) is 0 Å². The van der Waals surface area contributed by atoms with Gasteiger partial charge in [0, 0.05) is 17.1 Å². The van der Waals surface area contributed by atoms with Gasteiger partial charge >= 0.3 is 22.6 Å². The molecule has 1 aliphatic carbocycles. The summed E-state index contributed by atoms with van der Waals surface area (Å²) in [6.45, 7) is 16.1. The molecule has 0 spiro atoms. The minimum atomic E-state index is -1.61. The van der Waals surface area contributed by atoms with E-state index in [-0.39, 0.29) is 17.1 Å². The minimum Gasteiger partial charge on any atom is -0.337 e. The van der Waals surface area contributed by atoms with Gasteiger partial charge in [-0.3, -0.25) is 0 Å². The van der Waals surface area contributed by atoms with Gasteiger partial charge in [0.1, 0.15) is 0 Å². The largest absolute Gasteiger partial charge is 0.337 e. The summed E-state index contributed by atoms with van der Waals surface area (Å²) in [4.78, 5) is 0. The fourth-order valence-electron chi connectivity index (χ4n) is 2.65. The summed E-state index contributed by atoms with van der Waals surface area (Å²) >= 11 is 0. The first-order valence-electron chi connectivity index (χ1n) is 6.45. The van der Waals surface area contributed by atoms with Gasteiger partial charge in [-0.15, -0.1) is 5.92 Å². The van der Waals surface area contributed by atoms with Crippen molar-refractivity contribution in [1.29, 1.82) is 21.0 Å². The molecule has 1 aliphatic rings. The van der Waals surface area contributed by atoms with Crippen molar-refractivity contribution < 1.29 is 26.4 Å². The molecule has 0 saturated heterocycles. The van der Waals surface area contributed by atoms with Gasteiger partial charge in [-0.05, 0) is 5.41 Å². The Morgan fingerprint density at radius 1 is 0.920 bits per heavy atom. The Hall–Kier alpha value is -2.69. The van der Waals surface area contributed by atoms with Crippen LogP contribution in [-0.2, 0) is 26.4 Å². The van der Waals surface area contributed by atoms with Gasteiger partial charge in [-0.2, -0.15) is 39.2 Å². The van der Waals surface area contributed by atoms with Crippen LogP contribution in [0.15, 0.2) is 30.3 Å². The van der Waals surface area contributed by atoms with E-state index < -0.39 is 22.2 Å². The van der Waals surface area contributed by atoms with Crippen LogP contribution in [0.1, 0.15) is 13.8 Å². The molecule has 25 heavy (non-hydrogen) atoms. The number of hydrogen-bond acceptors (Lipinski definition) is 4. The van der Waals surface area contributed by atoms with Crippen molar-refractivity contribution in [3.63, 3.8) is 0 Å². The van der Waals surface area contributed by atoms with Gasteiger partial charge in [0.05, 0.1) is 24.3 Å². The summed E-state index contributed by atoms with van der Waals surface area (Å²) in [6, 6.07) is 17.3. The van der Waals surface area contributed by atoms with Crippen molar-refractivity contribution in [3.05, 3.63) is 50.6 Å². The second kappa shape index (κ2) is 11.8. The Bertz CT molecular complexity index is 670. The van der Waals surface area contributed by atoms with Crippen molar-refractivity contribution in [1.82, 2.24) is 0 Å². The Kier molecular flexibility index (Phi) is 12.8. The maximum Gasteiger partial charge on any atom is 0.176 e. The standard InChI is InChI=1S/C11H9N4.C5H5.2CO.Fe/c1-8-9(2,3)11(6-14,7-15)10(8,4-12)5-13;1-2-4-5-3-1;2*1-2;/h8H,1H2,2-3H3;1-5H;;;/q2*-1;;;. The molecule has 6 nitrogen and oxygen atoms in total. The molecule has 0 aliphatic heterocycles. The van der Waals surface area contributed by atoms with Crippen molar-refractivity contribution in [3.8, 4) is 24.3 Å². The minimum absolute atomic E-state index is 0. The maximum atomic E-state index is 9.09. The molecule has 0 aromatic heterocycles. The van der Waals surface area contributed by atoms with Crippen LogP contribution < -0.4 is 0 Å². The van der Waals surface area contributed by atoms with Crippen LogP contribution in [0.2, 0.25) is 0 Å². The Balaban J connectivity index is -0.000000404. The normalized spacial score (nSPS) is 18.8. The first kappa shape index (κ1) is 27.2. The molecule has 1 fully saturated rings. The third-order valence-corrected chi connectivity index (χ3v) is 4.20. The van der Waals surface area contributed by atoms with E-state index in [4.69, 9.17) is 30.4 Å². The Morgan fingerprint density at radius 2 is 1.28 bits per heavy atom. The van der Waals surface area contributed by atoms with E-state index >= 15 is 0 Å².